The molecule has 5 rings (SSSR count). The van der Waals surface area contributed by atoms with Crippen LogP contribution in [0.3, 0.4) is 0 Å². The molecule has 0 atom stereocenters. The maximum atomic E-state index is 13.3. The van der Waals surface area contributed by atoms with Crippen LogP contribution in [0.1, 0.15) is 5.56 Å². The van der Waals surface area contributed by atoms with Gasteiger partial charge in [0.2, 0.25) is 0 Å². The van der Waals surface area contributed by atoms with Crippen LogP contribution in [0, 0.1) is 0 Å². The number of amidine groups is 1. The SMILES string of the molecule is Cn1c(=O)c2c(ncn2CC(=O)N/N=C2/S/C(=C/c3ccc(Br)cc3)C(=O)N2c2ccccc2)n(C)c1=O. The third-order valence-electron chi connectivity index (χ3n) is 5.80. The molecule has 0 bridgehead atoms. The van der Waals surface area contributed by atoms with Crippen molar-refractivity contribution in [2.24, 2.45) is 19.2 Å². The Bertz CT molecular complexity index is 1750. The number of rotatable bonds is 5. The van der Waals surface area contributed by atoms with Crippen molar-refractivity contribution < 1.29 is 9.59 Å². The molecule has 1 aliphatic heterocycles. The van der Waals surface area contributed by atoms with E-state index in [1.807, 2.05) is 30.3 Å². The predicted molar refractivity (Wildman–Crippen MR) is 149 cm³/mol. The molecule has 4 aromatic rings. The highest BCUT2D eigenvalue weighted by molar-refractivity contribution is 9.10. The Kier molecular flexibility index (Phi) is 6.87. The Morgan fingerprint density at radius 2 is 1.76 bits per heavy atom. The lowest BCUT2D eigenvalue weighted by Crippen LogP contribution is -2.38. The van der Waals surface area contributed by atoms with Gasteiger partial charge in [-0.15, -0.1) is 5.10 Å². The second-order valence-electron chi connectivity index (χ2n) is 8.32. The lowest BCUT2D eigenvalue weighted by molar-refractivity contribution is -0.121. The summed E-state index contributed by atoms with van der Waals surface area (Å²) < 4.78 is 4.47. The van der Waals surface area contributed by atoms with E-state index in [4.69, 9.17) is 0 Å². The van der Waals surface area contributed by atoms with Crippen LogP contribution in [-0.2, 0) is 30.2 Å². The van der Waals surface area contributed by atoms with Gasteiger partial charge in [-0.2, -0.15) is 0 Å². The number of nitrogens with zero attached hydrogens (tertiary/aromatic N) is 6. The first-order chi connectivity index (χ1) is 18.2. The van der Waals surface area contributed by atoms with Crippen LogP contribution in [-0.4, -0.2) is 35.7 Å². The number of thioether (sulfide) groups is 1. The van der Waals surface area contributed by atoms with Crippen molar-refractivity contribution in [3.8, 4) is 0 Å². The van der Waals surface area contributed by atoms with Gasteiger partial charge in [-0.25, -0.2) is 15.2 Å². The zero-order valence-corrected chi connectivity index (χ0v) is 22.6. The van der Waals surface area contributed by atoms with Gasteiger partial charge in [0.1, 0.15) is 6.54 Å². The zero-order chi connectivity index (χ0) is 27.0. The summed E-state index contributed by atoms with van der Waals surface area (Å²) in [5.41, 5.74) is 3.13. The molecule has 11 nitrogen and oxygen atoms in total. The highest BCUT2D eigenvalue weighted by Gasteiger charge is 2.35. The van der Waals surface area contributed by atoms with E-state index < -0.39 is 17.2 Å². The normalized spacial score (nSPS) is 15.7. The highest BCUT2D eigenvalue weighted by Crippen LogP contribution is 2.35. The van der Waals surface area contributed by atoms with Crippen molar-refractivity contribution >= 4 is 67.6 Å². The molecule has 2 aromatic heterocycles. The summed E-state index contributed by atoms with van der Waals surface area (Å²) in [4.78, 5) is 56.9. The van der Waals surface area contributed by atoms with E-state index in [0.717, 1.165) is 26.4 Å². The molecule has 38 heavy (non-hydrogen) atoms. The predicted octanol–water partition coefficient (Wildman–Crippen LogP) is 2.40. The lowest BCUT2D eigenvalue weighted by Gasteiger charge is -2.15. The number of amides is 2. The van der Waals surface area contributed by atoms with Crippen LogP contribution in [0.15, 0.2) is 85.0 Å². The molecule has 0 unspecified atom stereocenters. The lowest BCUT2D eigenvalue weighted by atomic mass is 10.2. The smallest absolute Gasteiger partial charge is 0.315 e. The van der Waals surface area contributed by atoms with Gasteiger partial charge in [0.05, 0.1) is 16.9 Å². The van der Waals surface area contributed by atoms with E-state index in [9.17, 15) is 19.2 Å². The summed E-state index contributed by atoms with van der Waals surface area (Å²) in [5.74, 6) is -0.818. The number of aryl methyl sites for hydroxylation is 1. The second-order valence-corrected chi connectivity index (χ2v) is 10.2. The van der Waals surface area contributed by atoms with Crippen molar-refractivity contribution in [1.29, 1.82) is 0 Å². The number of anilines is 1. The van der Waals surface area contributed by atoms with Crippen molar-refractivity contribution in [2.45, 2.75) is 6.54 Å². The van der Waals surface area contributed by atoms with E-state index in [-0.39, 0.29) is 28.8 Å². The maximum Gasteiger partial charge on any atom is 0.332 e. The van der Waals surface area contributed by atoms with E-state index >= 15 is 0 Å². The van der Waals surface area contributed by atoms with Gasteiger partial charge in [0.15, 0.2) is 16.3 Å². The first-order valence-corrected chi connectivity index (χ1v) is 12.9. The van der Waals surface area contributed by atoms with Crippen molar-refractivity contribution in [3.05, 3.63) is 96.7 Å². The fourth-order valence-electron chi connectivity index (χ4n) is 3.88. The molecule has 1 saturated heterocycles. The maximum absolute atomic E-state index is 13.3. The Morgan fingerprint density at radius 3 is 2.47 bits per heavy atom. The number of aromatic nitrogens is 4. The van der Waals surface area contributed by atoms with Crippen LogP contribution in [0.4, 0.5) is 5.69 Å². The van der Waals surface area contributed by atoms with Gasteiger partial charge in [-0.1, -0.05) is 46.3 Å². The number of benzene rings is 2. The summed E-state index contributed by atoms with van der Waals surface area (Å²) >= 11 is 4.53. The molecule has 2 aromatic carbocycles. The van der Waals surface area contributed by atoms with Gasteiger partial charge >= 0.3 is 5.69 Å². The number of fused-ring (bicyclic) bond motifs is 1. The van der Waals surface area contributed by atoms with Crippen LogP contribution in [0.25, 0.3) is 17.2 Å². The molecule has 2 amide bonds. The molecule has 3 heterocycles. The number of halogens is 1. The van der Waals surface area contributed by atoms with Crippen LogP contribution in [0.2, 0.25) is 0 Å². The van der Waals surface area contributed by atoms with Gasteiger partial charge in [0, 0.05) is 18.6 Å². The molecule has 1 fully saturated rings. The van der Waals surface area contributed by atoms with Crippen molar-refractivity contribution in [2.75, 3.05) is 4.90 Å². The number of nitrogens with one attached hydrogen (secondary N) is 1. The minimum absolute atomic E-state index is 0.119. The first-order valence-electron chi connectivity index (χ1n) is 11.3. The number of hydrazone groups is 1. The number of hydrogen-bond acceptors (Lipinski definition) is 7. The monoisotopic (exact) mass is 593 g/mol. The van der Waals surface area contributed by atoms with E-state index in [2.05, 4.69) is 31.4 Å². The topological polar surface area (TPSA) is 124 Å². The number of carbonyl (C=O) groups is 2. The standard InChI is InChI=1S/C25H20BrN7O4S/c1-30-21-20(23(36)31(2)25(30)37)32(14-27-21)13-19(34)28-29-24-33(17-6-4-3-5-7-17)22(35)18(38-24)12-15-8-10-16(26)11-9-15/h3-12,14H,13H2,1-2H3,(H,28,34)/b18-12+,29-24+. The second kappa shape index (κ2) is 10.3. The zero-order valence-electron chi connectivity index (χ0n) is 20.2. The summed E-state index contributed by atoms with van der Waals surface area (Å²) in [6.07, 6.45) is 3.08. The Balaban J connectivity index is 1.43. The third kappa shape index (κ3) is 4.73. The largest absolute Gasteiger partial charge is 0.332 e. The number of hydrogen-bond donors (Lipinski definition) is 1. The van der Waals surface area contributed by atoms with Gasteiger partial charge in [-0.05, 0) is 47.7 Å². The van der Waals surface area contributed by atoms with Gasteiger partial charge in [0.25, 0.3) is 17.4 Å². The Morgan fingerprint density at radius 1 is 1.05 bits per heavy atom. The van der Waals surface area contributed by atoms with Crippen LogP contribution >= 0.6 is 27.7 Å². The summed E-state index contributed by atoms with van der Waals surface area (Å²) in [5, 5.41) is 4.50. The number of para-hydroxylation sites is 1. The summed E-state index contributed by atoms with van der Waals surface area (Å²) in [6.45, 7) is -0.272. The molecule has 192 valence electrons. The van der Waals surface area contributed by atoms with Crippen molar-refractivity contribution in [3.63, 3.8) is 0 Å². The van der Waals surface area contributed by atoms with Crippen LogP contribution in [0.5, 0.6) is 0 Å². The molecular formula is C25H20BrN7O4S. The molecular weight excluding hydrogens is 574 g/mol. The molecule has 0 aliphatic carbocycles. The molecule has 13 heteroatoms. The molecule has 1 N–H and O–H groups in total. The molecule has 0 radical (unpaired) electrons. The minimum atomic E-state index is -0.561. The van der Waals surface area contributed by atoms with Crippen LogP contribution < -0.4 is 21.6 Å². The van der Waals surface area contributed by atoms with Gasteiger partial charge in [-0.3, -0.25) is 28.4 Å². The minimum Gasteiger partial charge on any atom is -0.315 e. The molecule has 0 saturated carbocycles. The summed E-state index contributed by atoms with van der Waals surface area (Å²) in [6, 6.07) is 16.5. The van der Waals surface area contributed by atoms with Crippen molar-refractivity contribution in [1.82, 2.24) is 24.1 Å². The van der Waals surface area contributed by atoms with Gasteiger partial charge < -0.3 is 4.57 Å². The molecule has 1 aliphatic rings. The first kappa shape index (κ1) is 25.4. The highest BCUT2D eigenvalue weighted by atomic mass is 79.9. The Hall–Kier alpha value is -4.23. The fraction of sp³-hybridized carbons (Fsp3) is 0.120. The Labute approximate surface area is 228 Å². The fourth-order valence-corrected chi connectivity index (χ4v) is 5.09. The number of imidazole rings is 1. The molecule has 0 spiro atoms. The van der Waals surface area contributed by atoms with E-state index in [0.29, 0.717) is 10.6 Å². The van der Waals surface area contributed by atoms with E-state index in [1.165, 1.54) is 34.5 Å². The summed E-state index contributed by atoms with van der Waals surface area (Å²) in [7, 11) is 2.86. The average Bonchev–Trinajstić information content (AvgIpc) is 3.47. The third-order valence-corrected chi connectivity index (χ3v) is 7.29. The van der Waals surface area contributed by atoms with E-state index in [1.54, 1.807) is 30.3 Å². The quantitative estimate of drug-likeness (QED) is 0.280. The number of carbonyl (C=O) groups excluding carboxylic acids is 2. The average molecular weight is 594 g/mol.